The number of halogens is 1. The lowest BCUT2D eigenvalue weighted by atomic mass is 10.0. The van der Waals surface area contributed by atoms with E-state index in [9.17, 15) is 18.0 Å². The Balaban J connectivity index is 1.81. The van der Waals surface area contributed by atoms with Gasteiger partial charge >= 0.3 is 0 Å². The zero-order valence-corrected chi connectivity index (χ0v) is 25.4. The fourth-order valence-corrected chi connectivity index (χ4v) is 6.36. The van der Waals surface area contributed by atoms with E-state index in [-0.39, 0.29) is 23.8 Å². The van der Waals surface area contributed by atoms with Gasteiger partial charge in [0.05, 0.1) is 10.6 Å². The molecule has 0 aromatic heterocycles. The number of hydrogen-bond acceptors (Lipinski definition) is 4. The molecule has 0 radical (unpaired) electrons. The molecule has 0 aliphatic carbocycles. The first kappa shape index (κ1) is 30.8. The molecule has 0 aliphatic heterocycles. The van der Waals surface area contributed by atoms with Gasteiger partial charge in [0.2, 0.25) is 11.8 Å². The van der Waals surface area contributed by atoms with Gasteiger partial charge in [-0.3, -0.25) is 13.9 Å². The number of benzene rings is 4. The molecule has 0 saturated carbocycles. The maximum atomic E-state index is 14.3. The third-order valence-corrected chi connectivity index (χ3v) is 9.26. The Bertz CT molecular complexity index is 1630. The molecule has 0 unspecified atom stereocenters. The predicted molar refractivity (Wildman–Crippen MR) is 167 cm³/mol. The smallest absolute Gasteiger partial charge is 0.264 e. The fourth-order valence-electron chi connectivity index (χ4n) is 4.75. The Kier molecular flexibility index (Phi) is 10.0. The number of nitrogens with zero attached hydrogens (tertiary/aromatic N) is 2. The number of rotatable bonds is 11. The lowest BCUT2D eigenvalue weighted by Gasteiger charge is -2.34. The van der Waals surface area contributed by atoms with E-state index in [2.05, 4.69) is 5.32 Å². The number of carbonyl (C=O) groups excluding carboxylic acids is 2. The van der Waals surface area contributed by atoms with Gasteiger partial charge in [0, 0.05) is 25.0 Å². The van der Waals surface area contributed by atoms with Crippen LogP contribution in [-0.4, -0.2) is 44.8 Å². The molecule has 0 spiro atoms. The summed E-state index contributed by atoms with van der Waals surface area (Å²) in [5.74, 6) is -0.875. The van der Waals surface area contributed by atoms with Crippen LogP contribution in [0.3, 0.4) is 0 Å². The van der Waals surface area contributed by atoms with E-state index in [1.54, 1.807) is 54.6 Å². The molecule has 0 fully saturated rings. The number of carbonyl (C=O) groups is 2. The zero-order valence-electron chi connectivity index (χ0n) is 23.8. The van der Waals surface area contributed by atoms with Crippen LogP contribution in [0, 0.1) is 13.8 Å². The summed E-state index contributed by atoms with van der Waals surface area (Å²) in [6, 6.07) is 28.9. The van der Waals surface area contributed by atoms with Crippen LogP contribution < -0.4 is 9.62 Å². The summed E-state index contributed by atoms with van der Waals surface area (Å²) in [5.41, 5.74) is 3.64. The molecule has 0 bridgehead atoms. The Morgan fingerprint density at radius 1 is 0.810 bits per heavy atom. The first-order valence-corrected chi connectivity index (χ1v) is 15.4. The summed E-state index contributed by atoms with van der Waals surface area (Å²) < 4.78 is 29.3. The van der Waals surface area contributed by atoms with Crippen LogP contribution in [0.4, 0.5) is 5.69 Å². The lowest BCUT2D eigenvalue weighted by Crippen LogP contribution is -2.53. The van der Waals surface area contributed by atoms with E-state index < -0.39 is 28.5 Å². The van der Waals surface area contributed by atoms with Gasteiger partial charge in [0.15, 0.2) is 0 Å². The number of sulfonamides is 1. The molecule has 0 aliphatic rings. The molecule has 2 amide bonds. The molecule has 4 aromatic rings. The summed E-state index contributed by atoms with van der Waals surface area (Å²) >= 11 is 6.11. The third kappa shape index (κ3) is 7.19. The second-order valence-corrected chi connectivity index (χ2v) is 12.3. The van der Waals surface area contributed by atoms with Crippen LogP contribution in [-0.2, 0) is 32.6 Å². The summed E-state index contributed by atoms with van der Waals surface area (Å²) in [4.78, 5) is 29.2. The first-order valence-electron chi connectivity index (χ1n) is 13.5. The van der Waals surface area contributed by atoms with Crippen molar-refractivity contribution < 1.29 is 18.0 Å². The molecule has 0 saturated heterocycles. The Hall–Kier alpha value is -4.14. The second-order valence-electron chi connectivity index (χ2n) is 10.0. The van der Waals surface area contributed by atoms with Gasteiger partial charge in [-0.15, -0.1) is 0 Å². The molecule has 4 aromatic carbocycles. The van der Waals surface area contributed by atoms with Gasteiger partial charge in [-0.2, -0.15) is 0 Å². The Morgan fingerprint density at radius 2 is 1.43 bits per heavy atom. The van der Waals surface area contributed by atoms with Crippen LogP contribution in [0.1, 0.15) is 22.3 Å². The van der Waals surface area contributed by atoms with Crippen molar-refractivity contribution in [3.05, 3.63) is 130 Å². The second kappa shape index (κ2) is 13.7. The molecule has 7 nitrogen and oxygen atoms in total. The topological polar surface area (TPSA) is 86.8 Å². The minimum absolute atomic E-state index is 0.0649. The Labute approximate surface area is 252 Å². The van der Waals surface area contributed by atoms with Crippen LogP contribution in [0.15, 0.2) is 108 Å². The minimum Gasteiger partial charge on any atom is -0.357 e. The molecule has 1 atom stereocenters. The van der Waals surface area contributed by atoms with Crippen LogP contribution in [0.5, 0.6) is 0 Å². The van der Waals surface area contributed by atoms with Gasteiger partial charge in [0.25, 0.3) is 10.0 Å². The summed E-state index contributed by atoms with van der Waals surface area (Å²) in [6.45, 7) is 3.30. The maximum absolute atomic E-state index is 14.3. The van der Waals surface area contributed by atoms with Gasteiger partial charge in [0.1, 0.15) is 12.6 Å². The molecule has 0 heterocycles. The standard InChI is InChI=1S/C33H34ClN3O4S/c1-24-11-10-16-30(25(24)2)37(42(40,41)29-14-8-5-9-15-29)23-32(38)36(22-27-17-19-28(34)20-18-27)31(33(39)35-3)21-26-12-6-4-7-13-26/h4-20,31H,21-23H2,1-3H3,(H,35,39)/t31-/m1/s1. The van der Waals surface area contributed by atoms with E-state index >= 15 is 0 Å². The molecule has 4 rings (SSSR count). The van der Waals surface area contributed by atoms with E-state index in [1.165, 1.54) is 24.1 Å². The molecular weight excluding hydrogens is 570 g/mol. The number of hydrogen-bond donors (Lipinski definition) is 1. The zero-order chi connectivity index (χ0) is 30.3. The van der Waals surface area contributed by atoms with Gasteiger partial charge in [-0.25, -0.2) is 8.42 Å². The fraction of sp³-hybridized carbons (Fsp3) is 0.212. The predicted octanol–water partition coefficient (Wildman–Crippen LogP) is 5.54. The molecular formula is C33H34ClN3O4S. The monoisotopic (exact) mass is 603 g/mol. The minimum atomic E-state index is -4.14. The van der Waals surface area contributed by atoms with E-state index in [4.69, 9.17) is 11.6 Å². The highest BCUT2D eigenvalue weighted by Crippen LogP contribution is 2.29. The SMILES string of the molecule is CNC(=O)[C@@H](Cc1ccccc1)N(Cc1ccc(Cl)cc1)C(=O)CN(c1cccc(C)c1C)S(=O)(=O)c1ccccc1. The van der Waals surface area contributed by atoms with Crippen molar-refractivity contribution in [2.24, 2.45) is 0 Å². The van der Waals surface area contributed by atoms with Crippen molar-refractivity contribution in [3.8, 4) is 0 Å². The average Bonchev–Trinajstić information content (AvgIpc) is 3.00. The van der Waals surface area contributed by atoms with Crippen LogP contribution in [0.25, 0.3) is 0 Å². The quantitative estimate of drug-likeness (QED) is 0.244. The maximum Gasteiger partial charge on any atom is 0.264 e. The van der Waals surface area contributed by atoms with E-state index in [1.807, 2.05) is 50.2 Å². The molecule has 9 heteroatoms. The van der Waals surface area contributed by atoms with Crippen molar-refractivity contribution in [2.45, 2.75) is 37.8 Å². The normalized spacial score (nSPS) is 11.9. The number of likely N-dealkylation sites (N-methyl/N-ethyl adjacent to an activating group) is 1. The van der Waals surface area contributed by atoms with Crippen molar-refractivity contribution in [2.75, 3.05) is 17.9 Å². The first-order chi connectivity index (χ1) is 20.1. The summed E-state index contributed by atoms with van der Waals surface area (Å²) in [5, 5.41) is 3.23. The molecule has 218 valence electrons. The van der Waals surface area contributed by atoms with Crippen molar-refractivity contribution >= 4 is 39.1 Å². The summed E-state index contributed by atoms with van der Waals surface area (Å²) in [6.07, 6.45) is 0.245. The highest BCUT2D eigenvalue weighted by atomic mass is 35.5. The van der Waals surface area contributed by atoms with Crippen molar-refractivity contribution in [1.82, 2.24) is 10.2 Å². The van der Waals surface area contributed by atoms with Gasteiger partial charge in [-0.1, -0.05) is 84.4 Å². The van der Waals surface area contributed by atoms with Crippen molar-refractivity contribution in [1.29, 1.82) is 0 Å². The van der Waals surface area contributed by atoms with Gasteiger partial charge in [-0.05, 0) is 66.4 Å². The Morgan fingerprint density at radius 3 is 2.05 bits per heavy atom. The largest absolute Gasteiger partial charge is 0.357 e. The van der Waals surface area contributed by atoms with E-state index in [0.29, 0.717) is 10.7 Å². The van der Waals surface area contributed by atoms with E-state index in [0.717, 1.165) is 26.6 Å². The average molecular weight is 604 g/mol. The lowest BCUT2D eigenvalue weighted by molar-refractivity contribution is -0.139. The highest BCUT2D eigenvalue weighted by Gasteiger charge is 2.34. The highest BCUT2D eigenvalue weighted by molar-refractivity contribution is 7.92. The number of anilines is 1. The third-order valence-electron chi connectivity index (χ3n) is 7.24. The number of aryl methyl sites for hydroxylation is 1. The van der Waals surface area contributed by atoms with Crippen molar-refractivity contribution in [3.63, 3.8) is 0 Å². The van der Waals surface area contributed by atoms with Gasteiger partial charge < -0.3 is 10.2 Å². The number of amides is 2. The molecule has 1 N–H and O–H groups in total. The van der Waals surface area contributed by atoms with Crippen LogP contribution in [0.2, 0.25) is 5.02 Å². The van der Waals surface area contributed by atoms with Crippen LogP contribution >= 0.6 is 11.6 Å². The summed E-state index contributed by atoms with van der Waals surface area (Å²) in [7, 11) is -2.62. The number of nitrogens with one attached hydrogen (secondary N) is 1. The molecule has 42 heavy (non-hydrogen) atoms.